The zero-order valence-corrected chi connectivity index (χ0v) is 17.6. The summed E-state index contributed by atoms with van der Waals surface area (Å²) in [6.07, 6.45) is -0.926. The van der Waals surface area contributed by atoms with Crippen LogP contribution in [0.1, 0.15) is 31.9 Å². The van der Waals surface area contributed by atoms with Crippen molar-refractivity contribution in [1.29, 1.82) is 0 Å². The van der Waals surface area contributed by atoms with Crippen molar-refractivity contribution < 1.29 is 19.2 Å². The van der Waals surface area contributed by atoms with Crippen molar-refractivity contribution in [3.63, 3.8) is 0 Å². The summed E-state index contributed by atoms with van der Waals surface area (Å²) in [6, 6.07) is 13.9. The summed E-state index contributed by atoms with van der Waals surface area (Å²) in [5, 5.41) is 14.3. The molecule has 0 fully saturated rings. The lowest BCUT2D eigenvalue weighted by Gasteiger charge is -2.28. The van der Waals surface area contributed by atoms with Gasteiger partial charge in [-0.15, -0.1) is 0 Å². The molecule has 0 saturated carbocycles. The fraction of sp³-hybridized carbons (Fsp3) is 0.333. The summed E-state index contributed by atoms with van der Waals surface area (Å²) in [7, 11) is 0. The molecule has 0 saturated heterocycles. The number of alkyl carbamates (subject to hydrolysis) is 1. The van der Waals surface area contributed by atoms with E-state index < -0.39 is 34.6 Å². The van der Waals surface area contributed by atoms with E-state index in [0.29, 0.717) is 10.7 Å². The Kier molecular flexibility index (Phi) is 5.72. The molecule has 1 aliphatic rings. The van der Waals surface area contributed by atoms with Crippen molar-refractivity contribution in [2.75, 3.05) is 11.4 Å². The molecule has 2 aromatic carbocycles. The molecule has 1 heterocycles. The molecule has 9 heteroatoms. The van der Waals surface area contributed by atoms with Crippen molar-refractivity contribution in [3.8, 4) is 0 Å². The van der Waals surface area contributed by atoms with Gasteiger partial charge >= 0.3 is 6.09 Å². The van der Waals surface area contributed by atoms with Crippen molar-refractivity contribution in [2.45, 2.75) is 38.5 Å². The van der Waals surface area contributed by atoms with Crippen LogP contribution in [0.4, 0.5) is 10.5 Å². The number of ether oxygens (including phenoxy) is 1. The smallest absolute Gasteiger partial charge is 0.408 e. The van der Waals surface area contributed by atoms with Gasteiger partial charge in [-0.3, -0.25) is 20.2 Å². The van der Waals surface area contributed by atoms with E-state index in [0.717, 1.165) is 5.56 Å². The lowest BCUT2D eigenvalue weighted by atomic mass is 9.91. The number of nitrogens with one attached hydrogen (secondary N) is 1. The summed E-state index contributed by atoms with van der Waals surface area (Å²) in [5.41, 5.74) is -1.23. The summed E-state index contributed by atoms with van der Waals surface area (Å²) in [4.78, 5) is 38.4. The number of nitrogens with zero attached hydrogens (tertiary/aromatic N) is 2. The number of rotatable bonds is 5. The maximum atomic E-state index is 13.5. The number of halogens is 1. The number of hydrogen-bond donors (Lipinski definition) is 1. The molecular formula is C21H22ClN3O5. The van der Waals surface area contributed by atoms with Crippen LogP contribution in [0, 0.1) is 10.1 Å². The van der Waals surface area contributed by atoms with Crippen LogP contribution in [0.2, 0.25) is 5.02 Å². The number of benzene rings is 2. The maximum Gasteiger partial charge on any atom is 0.408 e. The highest BCUT2D eigenvalue weighted by Gasteiger charge is 2.56. The molecule has 0 aromatic heterocycles. The Labute approximate surface area is 178 Å². The number of amides is 2. The molecule has 0 unspecified atom stereocenters. The van der Waals surface area contributed by atoms with Gasteiger partial charge in [0.25, 0.3) is 5.91 Å². The molecule has 0 aliphatic carbocycles. The summed E-state index contributed by atoms with van der Waals surface area (Å²) in [5.74, 6) is -0.619. The first kappa shape index (κ1) is 21.6. The third kappa shape index (κ3) is 4.38. The SMILES string of the molecule is CC(C)(C)OC(=O)N[C@]1(C[N+](=O)[O-])C(=O)N(Cc2ccccc2)c2ccc(Cl)cc21. The number of hydrogen-bond acceptors (Lipinski definition) is 5. The van der Waals surface area contributed by atoms with Gasteiger partial charge < -0.3 is 9.64 Å². The molecular weight excluding hydrogens is 410 g/mol. The van der Waals surface area contributed by atoms with Crippen molar-refractivity contribution in [2.24, 2.45) is 0 Å². The van der Waals surface area contributed by atoms with Gasteiger partial charge in [0.05, 0.1) is 12.2 Å². The zero-order chi connectivity index (χ0) is 22.1. The van der Waals surface area contributed by atoms with Crippen molar-refractivity contribution >= 4 is 29.3 Å². The van der Waals surface area contributed by atoms with Gasteiger partial charge in [-0.1, -0.05) is 41.9 Å². The average molecular weight is 432 g/mol. The zero-order valence-electron chi connectivity index (χ0n) is 16.8. The fourth-order valence-electron chi connectivity index (χ4n) is 3.45. The van der Waals surface area contributed by atoms with Gasteiger partial charge in [0, 0.05) is 15.5 Å². The van der Waals surface area contributed by atoms with Gasteiger partial charge in [0.1, 0.15) is 5.60 Å². The summed E-state index contributed by atoms with van der Waals surface area (Å²) >= 11 is 6.14. The predicted molar refractivity (Wildman–Crippen MR) is 112 cm³/mol. The van der Waals surface area contributed by atoms with Crippen LogP contribution in [0.5, 0.6) is 0 Å². The lowest BCUT2D eigenvalue weighted by Crippen LogP contribution is -2.57. The van der Waals surface area contributed by atoms with Gasteiger partial charge in [-0.05, 0) is 44.5 Å². The lowest BCUT2D eigenvalue weighted by molar-refractivity contribution is -0.488. The Bertz CT molecular complexity index is 990. The van der Waals surface area contributed by atoms with Crippen LogP contribution < -0.4 is 10.2 Å². The highest BCUT2D eigenvalue weighted by Crippen LogP contribution is 2.43. The molecule has 2 aromatic rings. The van der Waals surface area contributed by atoms with E-state index in [4.69, 9.17) is 16.3 Å². The van der Waals surface area contributed by atoms with Gasteiger partial charge in [0.2, 0.25) is 12.1 Å². The summed E-state index contributed by atoms with van der Waals surface area (Å²) in [6.45, 7) is 4.33. The normalized spacial score (nSPS) is 18.1. The molecule has 0 radical (unpaired) electrons. The predicted octanol–water partition coefficient (Wildman–Crippen LogP) is 3.88. The first-order valence-electron chi connectivity index (χ1n) is 9.31. The second kappa shape index (κ2) is 7.95. The van der Waals surface area contributed by atoms with Crippen LogP contribution in [0.15, 0.2) is 48.5 Å². The molecule has 3 rings (SSSR count). The Hall–Kier alpha value is -3.13. The molecule has 0 spiro atoms. The number of nitro groups is 1. The quantitative estimate of drug-likeness (QED) is 0.571. The van der Waals surface area contributed by atoms with Gasteiger partial charge in [0.15, 0.2) is 0 Å². The topological polar surface area (TPSA) is 102 Å². The summed E-state index contributed by atoms with van der Waals surface area (Å²) < 4.78 is 5.28. The minimum Gasteiger partial charge on any atom is -0.444 e. The number of carbonyl (C=O) groups is 2. The van der Waals surface area contributed by atoms with Gasteiger partial charge in [-0.2, -0.15) is 0 Å². The van der Waals surface area contributed by atoms with E-state index in [1.165, 1.54) is 11.0 Å². The minimum atomic E-state index is -1.93. The monoisotopic (exact) mass is 431 g/mol. The fourth-order valence-corrected chi connectivity index (χ4v) is 3.62. The van der Waals surface area contributed by atoms with Crippen LogP contribution in [-0.2, 0) is 21.6 Å². The standard InChI is InChI=1S/C21H22ClN3O5/c1-20(2,3)30-19(27)23-21(13-25(28)29)16-11-15(22)9-10-17(16)24(18(21)26)12-14-7-5-4-6-8-14/h4-11H,12-13H2,1-3H3,(H,23,27)/t21-/m0/s1. The van der Waals surface area contributed by atoms with Crippen LogP contribution >= 0.6 is 11.6 Å². The largest absolute Gasteiger partial charge is 0.444 e. The van der Waals surface area contributed by atoms with E-state index in [1.54, 1.807) is 32.9 Å². The highest BCUT2D eigenvalue weighted by atomic mass is 35.5. The first-order valence-corrected chi connectivity index (χ1v) is 9.68. The molecule has 158 valence electrons. The molecule has 8 nitrogen and oxygen atoms in total. The van der Waals surface area contributed by atoms with Crippen LogP contribution in [0.25, 0.3) is 0 Å². The van der Waals surface area contributed by atoms with E-state index in [1.807, 2.05) is 30.3 Å². The third-order valence-corrected chi connectivity index (χ3v) is 4.82. The molecule has 30 heavy (non-hydrogen) atoms. The van der Waals surface area contributed by atoms with Crippen molar-refractivity contribution in [3.05, 3.63) is 74.8 Å². The molecule has 1 N–H and O–H groups in total. The Morgan fingerprint density at radius 1 is 1.23 bits per heavy atom. The average Bonchev–Trinajstić information content (AvgIpc) is 2.83. The van der Waals surface area contributed by atoms with Crippen LogP contribution in [-0.4, -0.2) is 29.1 Å². The van der Waals surface area contributed by atoms with Gasteiger partial charge in [-0.25, -0.2) is 4.79 Å². The molecule has 0 bridgehead atoms. The Morgan fingerprint density at radius 2 is 1.90 bits per heavy atom. The molecule has 2 amide bonds. The van der Waals surface area contributed by atoms with E-state index >= 15 is 0 Å². The number of carbonyl (C=O) groups excluding carboxylic acids is 2. The molecule has 1 aliphatic heterocycles. The second-order valence-electron chi connectivity index (χ2n) is 8.06. The highest BCUT2D eigenvalue weighted by molar-refractivity contribution is 6.31. The van der Waals surface area contributed by atoms with Crippen LogP contribution in [0.3, 0.4) is 0 Å². The third-order valence-electron chi connectivity index (χ3n) is 4.58. The Morgan fingerprint density at radius 3 is 2.50 bits per heavy atom. The minimum absolute atomic E-state index is 0.184. The van der Waals surface area contributed by atoms with E-state index in [-0.39, 0.29) is 12.1 Å². The molecule has 1 atom stereocenters. The second-order valence-corrected chi connectivity index (χ2v) is 8.50. The van der Waals surface area contributed by atoms with E-state index in [9.17, 15) is 19.7 Å². The van der Waals surface area contributed by atoms with E-state index in [2.05, 4.69) is 5.32 Å². The first-order chi connectivity index (χ1) is 14.0. The number of anilines is 1. The maximum absolute atomic E-state index is 13.5. The Balaban J connectivity index is 2.09. The van der Waals surface area contributed by atoms with Crippen molar-refractivity contribution in [1.82, 2.24) is 5.32 Å². The number of fused-ring (bicyclic) bond motifs is 1.